The summed E-state index contributed by atoms with van der Waals surface area (Å²) >= 11 is 0. The molecule has 2 atom stereocenters. The van der Waals surface area contributed by atoms with Gasteiger partial charge in [-0.1, -0.05) is 47.5 Å². The third-order valence-corrected chi connectivity index (χ3v) is 3.86. The van der Waals surface area contributed by atoms with Crippen LogP contribution in [-0.4, -0.2) is 24.1 Å². The zero-order valence-corrected chi connectivity index (χ0v) is 15.9. The molecule has 136 valence electrons. The zero-order chi connectivity index (χ0) is 17.8. The number of carbonyl (C=O) groups excluding carboxylic acids is 2. The van der Waals surface area contributed by atoms with Crippen LogP contribution in [0.2, 0.25) is 0 Å². The van der Waals surface area contributed by atoms with E-state index in [-0.39, 0.29) is 37.0 Å². The Hall–Kier alpha value is -1.06. The number of rotatable bonds is 12. The Kier molecular flexibility index (Phi) is 11.8. The second kappa shape index (κ2) is 12.4. The van der Waals surface area contributed by atoms with E-state index >= 15 is 0 Å². The van der Waals surface area contributed by atoms with Crippen molar-refractivity contribution in [2.75, 3.05) is 0 Å². The lowest BCUT2D eigenvalue weighted by molar-refractivity contribution is -0.157. The van der Waals surface area contributed by atoms with Gasteiger partial charge in [-0.15, -0.1) is 0 Å². The van der Waals surface area contributed by atoms with Gasteiger partial charge in [-0.3, -0.25) is 9.59 Å². The van der Waals surface area contributed by atoms with Crippen molar-refractivity contribution in [3.63, 3.8) is 0 Å². The number of esters is 2. The average molecular weight is 328 g/mol. The molecule has 0 aromatic heterocycles. The Morgan fingerprint density at radius 1 is 0.826 bits per heavy atom. The van der Waals surface area contributed by atoms with E-state index in [2.05, 4.69) is 20.8 Å². The first-order chi connectivity index (χ1) is 10.8. The van der Waals surface area contributed by atoms with Gasteiger partial charge in [-0.25, -0.2) is 0 Å². The first-order valence-electron chi connectivity index (χ1n) is 9.15. The third kappa shape index (κ3) is 12.1. The van der Waals surface area contributed by atoms with Gasteiger partial charge in [0.2, 0.25) is 0 Å². The molecule has 0 aliphatic carbocycles. The van der Waals surface area contributed by atoms with Gasteiger partial charge < -0.3 is 9.47 Å². The van der Waals surface area contributed by atoms with Gasteiger partial charge in [0.05, 0.1) is 18.9 Å². The molecule has 0 N–H and O–H groups in total. The van der Waals surface area contributed by atoms with Crippen LogP contribution in [0.25, 0.3) is 0 Å². The highest BCUT2D eigenvalue weighted by Crippen LogP contribution is 2.15. The molecule has 0 amide bonds. The molecule has 0 spiro atoms. The van der Waals surface area contributed by atoms with Gasteiger partial charge in [-0.2, -0.15) is 0 Å². The fourth-order valence-electron chi connectivity index (χ4n) is 2.40. The molecule has 4 nitrogen and oxygen atoms in total. The maximum atomic E-state index is 11.8. The van der Waals surface area contributed by atoms with Crippen molar-refractivity contribution in [2.24, 2.45) is 11.8 Å². The normalized spacial score (nSPS) is 13.9. The van der Waals surface area contributed by atoms with E-state index in [1.54, 1.807) is 0 Å². The minimum absolute atomic E-state index is 0.0570. The van der Waals surface area contributed by atoms with Crippen molar-refractivity contribution in [3.8, 4) is 0 Å². The highest BCUT2D eigenvalue weighted by Gasteiger charge is 2.19. The van der Waals surface area contributed by atoms with Crippen LogP contribution < -0.4 is 0 Å². The lowest BCUT2D eigenvalue weighted by Crippen LogP contribution is -2.24. The van der Waals surface area contributed by atoms with Crippen molar-refractivity contribution in [1.29, 1.82) is 0 Å². The Morgan fingerprint density at radius 3 is 1.87 bits per heavy atom. The van der Waals surface area contributed by atoms with E-state index in [9.17, 15) is 9.59 Å². The predicted molar refractivity (Wildman–Crippen MR) is 93.1 cm³/mol. The summed E-state index contributed by atoms with van der Waals surface area (Å²) in [6, 6.07) is 0. The van der Waals surface area contributed by atoms with Gasteiger partial charge in [-0.05, 0) is 38.0 Å². The molecule has 0 radical (unpaired) electrons. The smallest absolute Gasteiger partial charge is 0.306 e. The summed E-state index contributed by atoms with van der Waals surface area (Å²) in [6.07, 6.45) is 4.98. The Morgan fingerprint density at radius 2 is 1.39 bits per heavy atom. The molecule has 0 fully saturated rings. The SMILES string of the molecule is CCCC(OC(=O)CCC(=O)OC(C)CCCC(C)C)C(C)C. The van der Waals surface area contributed by atoms with Crippen molar-refractivity contribution < 1.29 is 19.1 Å². The van der Waals surface area contributed by atoms with Crippen LogP contribution in [0.1, 0.15) is 86.5 Å². The van der Waals surface area contributed by atoms with Crippen LogP contribution in [0.15, 0.2) is 0 Å². The molecular weight excluding hydrogens is 292 g/mol. The molecule has 0 saturated carbocycles. The Balaban J connectivity index is 3.96. The molecule has 23 heavy (non-hydrogen) atoms. The summed E-state index contributed by atoms with van der Waals surface area (Å²) in [4.78, 5) is 23.6. The van der Waals surface area contributed by atoms with E-state index in [4.69, 9.17) is 9.47 Å². The van der Waals surface area contributed by atoms with E-state index in [1.807, 2.05) is 20.8 Å². The molecule has 2 unspecified atom stereocenters. The largest absolute Gasteiger partial charge is 0.463 e. The van der Waals surface area contributed by atoms with E-state index in [0.29, 0.717) is 11.8 Å². The predicted octanol–water partition coefficient (Wildman–Crippen LogP) is 4.89. The lowest BCUT2D eigenvalue weighted by atomic mass is 10.0. The summed E-state index contributed by atoms with van der Waals surface area (Å²) in [7, 11) is 0. The van der Waals surface area contributed by atoms with E-state index in [1.165, 1.54) is 0 Å². The first kappa shape index (κ1) is 21.9. The Labute approximate surface area is 142 Å². The van der Waals surface area contributed by atoms with Crippen LogP contribution in [-0.2, 0) is 19.1 Å². The second-order valence-electron chi connectivity index (χ2n) is 7.19. The summed E-state index contributed by atoms with van der Waals surface area (Å²) < 4.78 is 10.8. The van der Waals surface area contributed by atoms with Crippen molar-refractivity contribution in [3.05, 3.63) is 0 Å². The molecule has 0 heterocycles. The highest BCUT2D eigenvalue weighted by atomic mass is 16.5. The minimum Gasteiger partial charge on any atom is -0.463 e. The fraction of sp³-hybridized carbons (Fsp3) is 0.895. The number of hydrogen-bond donors (Lipinski definition) is 0. The second-order valence-corrected chi connectivity index (χ2v) is 7.19. The first-order valence-corrected chi connectivity index (χ1v) is 9.15. The van der Waals surface area contributed by atoms with Crippen molar-refractivity contribution >= 4 is 11.9 Å². The summed E-state index contributed by atoms with van der Waals surface area (Å²) in [5.74, 6) is 0.355. The molecule has 0 aromatic carbocycles. The summed E-state index contributed by atoms with van der Waals surface area (Å²) in [5.41, 5.74) is 0. The van der Waals surface area contributed by atoms with E-state index < -0.39 is 0 Å². The average Bonchev–Trinajstić information content (AvgIpc) is 2.44. The van der Waals surface area contributed by atoms with Crippen LogP contribution >= 0.6 is 0 Å². The van der Waals surface area contributed by atoms with Gasteiger partial charge in [0.25, 0.3) is 0 Å². The molecule has 0 bridgehead atoms. The molecule has 0 aromatic rings. The van der Waals surface area contributed by atoms with Crippen molar-refractivity contribution in [1.82, 2.24) is 0 Å². The summed E-state index contributed by atoms with van der Waals surface area (Å²) in [6.45, 7) is 12.4. The third-order valence-electron chi connectivity index (χ3n) is 3.86. The zero-order valence-electron chi connectivity index (χ0n) is 15.9. The maximum absolute atomic E-state index is 11.8. The van der Waals surface area contributed by atoms with E-state index in [0.717, 1.165) is 32.1 Å². The standard InChI is InChI=1S/C19H36O4/c1-7-9-17(15(4)5)23-19(21)13-12-18(20)22-16(6)11-8-10-14(2)3/h14-17H,7-13H2,1-6H3. The number of hydrogen-bond acceptors (Lipinski definition) is 4. The highest BCUT2D eigenvalue weighted by molar-refractivity contribution is 5.77. The molecule has 0 aliphatic rings. The van der Waals surface area contributed by atoms with Crippen LogP contribution in [0.4, 0.5) is 0 Å². The summed E-state index contributed by atoms with van der Waals surface area (Å²) in [5, 5.41) is 0. The van der Waals surface area contributed by atoms with Gasteiger partial charge >= 0.3 is 11.9 Å². The topological polar surface area (TPSA) is 52.6 Å². The van der Waals surface area contributed by atoms with Gasteiger partial charge in [0.15, 0.2) is 0 Å². The van der Waals surface area contributed by atoms with Crippen LogP contribution in [0, 0.1) is 11.8 Å². The quantitative estimate of drug-likeness (QED) is 0.478. The molecular formula is C19H36O4. The van der Waals surface area contributed by atoms with Gasteiger partial charge in [0.1, 0.15) is 6.10 Å². The fourth-order valence-corrected chi connectivity index (χ4v) is 2.40. The lowest BCUT2D eigenvalue weighted by Gasteiger charge is -2.20. The van der Waals surface area contributed by atoms with Crippen LogP contribution in [0.3, 0.4) is 0 Å². The minimum atomic E-state index is -0.310. The number of ether oxygens (including phenoxy) is 2. The Bertz CT molecular complexity index is 336. The van der Waals surface area contributed by atoms with Gasteiger partial charge in [0, 0.05) is 0 Å². The monoisotopic (exact) mass is 328 g/mol. The van der Waals surface area contributed by atoms with Crippen LogP contribution in [0.5, 0.6) is 0 Å². The molecule has 0 rings (SSSR count). The molecule has 0 aliphatic heterocycles. The molecule has 0 saturated heterocycles. The number of carbonyl (C=O) groups is 2. The maximum Gasteiger partial charge on any atom is 0.306 e. The molecule has 4 heteroatoms. The van der Waals surface area contributed by atoms with Crippen molar-refractivity contribution in [2.45, 2.75) is 98.7 Å².